The van der Waals surface area contributed by atoms with Crippen molar-refractivity contribution >= 4 is 6.03 Å². The number of hydrogen-bond donors (Lipinski definition) is 3. The van der Waals surface area contributed by atoms with Gasteiger partial charge in [0.05, 0.1) is 0 Å². The number of rotatable bonds is 5. The molecule has 2 amide bonds. The first-order chi connectivity index (χ1) is 6.10. The summed E-state index contributed by atoms with van der Waals surface area (Å²) in [5.74, 6) is 0.551. The lowest BCUT2D eigenvalue weighted by molar-refractivity contribution is 0.236. The largest absolute Gasteiger partial charge is 0.338 e. The highest BCUT2D eigenvalue weighted by Crippen LogP contribution is 2.02. The van der Waals surface area contributed by atoms with Gasteiger partial charge in [-0.05, 0) is 19.3 Å². The Hall–Kier alpha value is -0.770. The van der Waals surface area contributed by atoms with Crippen molar-refractivity contribution < 1.29 is 4.79 Å². The summed E-state index contributed by atoms with van der Waals surface area (Å²) in [6, 6.07) is -0.0369. The summed E-state index contributed by atoms with van der Waals surface area (Å²) in [6.07, 6.45) is 0.924. The van der Waals surface area contributed by atoms with Crippen molar-refractivity contribution in [3.63, 3.8) is 0 Å². The third-order valence-electron chi connectivity index (χ3n) is 1.71. The molecule has 4 nitrogen and oxygen atoms in total. The topological polar surface area (TPSA) is 67.2 Å². The standard InChI is InChI=1S/C9H21N3O/c1-4-11-9(13)12-8(6-10)5-7(2)3/h7-8H,4-6,10H2,1-3H3,(H2,11,12,13). The molecule has 0 bridgehead atoms. The van der Waals surface area contributed by atoms with E-state index >= 15 is 0 Å². The number of carbonyl (C=O) groups excluding carboxylic acids is 1. The summed E-state index contributed by atoms with van der Waals surface area (Å²) in [6.45, 7) is 7.25. The molecule has 0 aliphatic heterocycles. The minimum atomic E-state index is -0.126. The van der Waals surface area contributed by atoms with Gasteiger partial charge in [0, 0.05) is 19.1 Å². The van der Waals surface area contributed by atoms with E-state index in [1.807, 2.05) is 6.92 Å². The molecule has 0 aromatic rings. The van der Waals surface area contributed by atoms with Crippen molar-refractivity contribution in [3.8, 4) is 0 Å². The SMILES string of the molecule is CCNC(=O)NC(CN)CC(C)C. The molecule has 4 heteroatoms. The van der Waals surface area contributed by atoms with Gasteiger partial charge in [0.2, 0.25) is 0 Å². The third kappa shape index (κ3) is 6.40. The van der Waals surface area contributed by atoms with Gasteiger partial charge < -0.3 is 16.4 Å². The van der Waals surface area contributed by atoms with Crippen molar-refractivity contribution in [1.82, 2.24) is 10.6 Å². The van der Waals surface area contributed by atoms with Crippen LogP contribution in [0.2, 0.25) is 0 Å². The normalized spacial score (nSPS) is 12.7. The minimum absolute atomic E-state index is 0.0894. The number of nitrogens with one attached hydrogen (secondary N) is 2. The number of hydrogen-bond acceptors (Lipinski definition) is 2. The quantitative estimate of drug-likeness (QED) is 0.592. The summed E-state index contributed by atoms with van der Waals surface area (Å²) < 4.78 is 0. The van der Waals surface area contributed by atoms with Gasteiger partial charge in [0.1, 0.15) is 0 Å². The monoisotopic (exact) mass is 187 g/mol. The lowest BCUT2D eigenvalue weighted by atomic mass is 10.0. The van der Waals surface area contributed by atoms with Crippen LogP contribution in [-0.4, -0.2) is 25.2 Å². The van der Waals surface area contributed by atoms with E-state index in [2.05, 4.69) is 24.5 Å². The van der Waals surface area contributed by atoms with Crippen LogP contribution < -0.4 is 16.4 Å². The second-order valence-corrected chi connectivity index (χ2v) is 3.57. The van der Waals surface area contributed by atoms with Crippen molar-refractivity contribution in [3.05, 3.63) is 0 Å². The minimum Gasteiger partial charge on any atom is -0.338 e. The van der Waals surface area contributed by atoms with Gasteiger partial charge in [0.15, 0.2) is 0 Å². The zero-order valence-corrected chi connectivity index (χ0v) is 8.76. The van der Waals surface area contributed by atoms with Crippen LogP contribution in [0.25, 0.3) is 0 Å². The second kappa shape index (κ2) is 6.71. The molecule has 0 aromatic carbocycles. The summed E-state index contributed by atoms with van der Waals surface area (Å²) in [5, 5.41) is 5.50. The Bertz CT molecular complexity index is 148. The summed E-state index contributed by atoms with van der Waals surface area (Å²) in [4.78, 5) is 11.1. The van der Waals surface area contributed by atoms with E-state index in [9.17, 15) is 4.79 Å². The van der Waals surface area contributed by atoms with Crippen LogP contribution in [-0.2, 0) is 0 Å². The van der Waals surface area contributed by atoms with Crippen LogP contribution in [0.4, 0.5) is 4.79 Å². The lowest BCUT2D eigenvalue weighted by Crippen LogP contribution is -2.45. The highest BCUT2D eigenvalue weighted by atomic mass is 16.2. The highest BCUT2D eigenvalue weighted by Gasteiger charge is 2.10. The number of amides is 2. The Kier molecular flexibility index (Phi) is 6.32. The molecular formula is C9H21N3O. The smallest absolute Gasteiger partial charge is 0.315 e. The van der Waals surface area contributed by atoms with E-state index < -0.39 is 0 Å². The first-order valence-corrected chi connectivity index (χ1v) is 4.84. The van der Waals surface area contributed by atoms with E-state index in [0.29, 0.717) is 19.0 Å². The fourth-order valence-corrected chi connectivity index (χ4v) is 1.18. The Morgan fingerprint density at radius 2 is 2.08 bits per heavy atom. The van der Waals surface area contributed by atoms with Crippen molar-refractivity contribution in [2.24, 2.45) is 11.7 Å². The molecular weight excluding hydrogens is 166 g/mol. The Morgan fingerprint density at radius 3 is 2.46 bits per heavy atom. The summed E-state index contributed by atoms with van der Waals surface area (Å²) in [7, 11) is 0. The van der Waals surface area contributed by atoms with Gasteiger partial charge in [-0.2, -0.15) is 0 Å². The molecule has 78 valence electrons. The molecule has 0 aliphatic carbocycles. The van der Waals surface area contributed by atoms with Gasteiger partial charge in [-0.3, -0.25) is 0 Å². The third-order valence-corrected chi connectivity index (χ3v) is 1.71. The molecule has 0 saturated carbocycles. The van der Waals surface area contributed by atoms with Gasteiger partial charge in [-0.1, -0.05) is 13.8 Å². The van der Waals surface area contributed by atoms with Gasteiger partial charge >= 0.3 is 6.03 Å². The molecule has 0 fully saturated rings. The fraction of sp³-hybridized carbons (Fsp3) is 0.889. The predicted octanol–water partition coefficient (Wildman–Crippen LogP) is 0.679. The van der Waals surface area contributed by atoms with Crippen LogP contribution >= 0.6 is 0 Å². The molecule has 0 spiro atoms. The molecule has 0 saturated heterocycles. The van der Waals surface area contributed by atoms with E-state index in [1.54, 1.807) is 0 Å². The molecule has 13 heavy (non-hydrogen) atoms. The van der Waals surface area contributed by atoms with Crippen molar-refractivity contribution in [1.29, 1.82) is 0 Å². The second-order valence-electron chi connectivity index (χ2n) is 3.57. The van der Waals surface area contributed by atoms with E-state index in [0.717, 1.165) is 6.42 Å². The Labute approximate surface area is 80.3 Å². The van der Waals surface area contributed by atoms with Gasteiger partial charge in [-0.15, -0.1) is 0 Å². The van der Waals surface area contributed by atoms with E-state index in [4.69, 9.17) is 5.73 Å². The molecule has 0 heterocycles. The van der Waals surface area contributed by atoms with E-state index in [-0.39, 0.29) is 12.1 Å². The molecule has 0 radical (unpaired) electrons. The molecule has 0 aromatic heterocycles. The van der Waals surface area contributed by atoms with Crippen LogP contribution in [0.3, 0.4) is 0 Å². The van der Waals surface area contributed by atoms with Crippen LogP contribution in [0, 0.1) is 5.92 Å². The summed E-state index contributed by atoms with van der Waals surface area (Å²) in [5.41, 5.74) is 5.52. The van der Waals surface area contributed by atoms with Gasteiger partial charge in [0.25, 0.3) is 0 Å². The lowest BCUT2D eigenvalue weighted by Gasteiger charge is -2.18. The first-order valence-electron chi connectivity index (χ1n) is 4.84. The fourth-order valence-electron chi connectivity index (χ4n) is 1.18. The zero-order chi connectivity index (χ0) is 10.3. The highest BCUT2D eigenvalue weighted by molar-refractivity contribution is 5.74. The maximum Gasteiger partial charge on any atom is 0.315 e. The summed E-state index contributed by atoms with van der Waals surface area (Å²) >= 11 is 0. The average Bonchev–Trinajstić information content (AvgIpc) is 2.02. The number of urea groups is 1. The van der Waals surface area contributed by atoms with Crippen molar-refractivity contribution in [2.75, 3.05) is 13.1 Å². The average molecular weight is 187 g/mol. The molecule has 0 aliphatic rings. The molecule has 1 atom stereocenters. The van der Waals surface area contributed by atoms with Crippen LogP contribution in [0.15, 0.2) is 0 Å². The van der Waals surface area contributed by atoms with Crippen molar-refractivity contribution in [2.45, 2.75) is 33.2 Å². The Morgan fingerprint density at radius 1 is 1.46 bits per heavy atom. The van der Waals surface area contributed by atoms with Gasteiger partial charge in [-0.25, -0.2) is 4.79 Å². The van der Waals surface area contributed by atoms with Crippen LogP contribution in [0.1, 0.15) is 27.2 Å². The Balaban J connectivity index is 3.76. The number of nitrogens with two attached hydrogens (primary N) is 1. The van der Waals surface area contributed by atoms with Crippen LogP contribution in [0.5, 0.6) is 0 Å². The molecule has 0 rings (SSSR count). The van der Waals surface area contributed by atoms with E-state index in [1.165, 1.54) is 0 Å². The maximum absolute atomic E-state index is 11.1. The first kappa shape index (κ1) is 12.2. The predicted molar refractivity (Wildman–Crippen MR) is 54.5 cm³/mol. The maximum atomic E-state index is 11.1. The zero-order valence-electron chi connectivity index (χ0n) is 8.76. The number of carbonyl (C=O) groups is 1. The molecule has 1 unspecified atom stereocenters. The molecule has 4 N–H and O–H groups in total.